The van der Waals surface area contributed by atoms with E-state index in [-0.39, 0.29) is 5.41 Å². The summed E-state index contributed by atoms with van der Waals surface area (Å²) in [6.45, 7) is 11.1. The van der Waals surface area contributed by atoms with Gasteiger partial charge in [-0.2, -0.15) is 5.10 Å². The molecule has 1 saturated heterocycles. The van der Waals surface area contributed by atoms with Crippen molar-refractivity contribution >= 4 is 16.6 Å². The second kappa shape index (κ2) is 5.99. The largest absolute Gasteiger partial charge is 0.381 e. The van der Waals surface area contributed by atoms with Gasteiger partial charge in [-0.25, -0.2) is 0 Å². The van der Waals surface area contributed by atoms with Gasteiger partial charge in [0.05, 0.1) is 17.6 Å². The molecular weight excluding hydrogens is 334 g/mol. The zero-order valence-electron chi connectivity index (χ0n) is 16.1. The average Bonchev–Trinajstić information content (AvgIpc) is 3.25. The lowest BCUT2D eigenvalue weighted by Crippen LogP contribution is -2.42. The molecule has 4 N–H and O–H groups in total. The number of piperidine rings is 1. The molecule has 1 aliphatic heterocycles. The zero-order chi connectivity index (χ0) is 18.6. The maximum atomic E-state index is 4.32. The summed E-state index contributed by atoms with van der Waals surface area (Å²) in [7, 11) is 0. The van der Waals surface area contributed by atoms with E-state index < -0.39 is 0 Å². The van der Waals surface area contributed by atoms with Crippen LogP contribution in [-0.2, 0) is 11.8 Å². The summed E-state index contributed by atoms with van der Waals surface area (Å²) in [4.78, 5) is 3.63. The second-order valence-electron chi connectivity index (χ2n) is 8.63. The maximum Gasteiger partial charge on any atom is 0.0848 e. The summed E-state index contributed by atoms with van der Waals surface area (Å²) in [5.74, 6) is 0. The van der Waals surface area contributed by atoms with Crippen LogP contribution in [0.25, 0.3) is 28.0 Å². The van der Waals surface area contributed by atoms with Gasteiger partial charge in [0.15, 0.2) is 0 Å². The highest BCUT2D eigenvalue weighted by Crippen LogP contribution is 2.45. The Morgan fingerprint density at radius 1 is 1.30 bits per heavy atom. The molecular formula is C22H27N5. The first-order chi connectivity index (χ1) is 13.0. The lowest BCUT2D eigenvalue weighted by molar-refractivity contribution is 0.427. The van der Waals surface area contributed by atoms with E-state index in [0.717, 1.165) is 30.9 Å². The standard InChI is InChI=1S/C22H27N5/c1-13(25-16-5-4-8-23-12-16)14-6-7-18-17(9-14)19-21(26-18)20-15(11-24-27-20)10-22(19,2)3/h6-7,9,11,16,23,25-26H,1,4-5,8,10,12H2,2-3H3,(H,24,27). The predicted octanol–water partition coefficient (Wildman–Crippen LogP) is 3.70. The number of aromatic nitrogens is 3. The number of H-pyrrole nitrogens is 2. The molecule has 3 aromatic rings. The van der Waals surface area contributed by atoms with E-state index in [1.807, 2.05) is 6.20 Å². The highest BCUT2D eigenvalue weighted by atomic mass is 15.1. The first kappa shape index (κ1) is 16.6. The van der Waals surface area contributed by atoms with Crippen molar-refractivity contribution in [2.45, 2.75) is 44.6 Å². The molecule has 1 aliphatic carbocycles. The Labute approximate surface area is 159 Å². The lowest BCUT2D eigenvalue weighted by atomic mass is 9.73. The average molecular weight is 361 g/mol. The summed E-state index contributed by atoms with van der Waals surface area (Å²) in [6.07, 6.45) is 5.37. The van der Waals surface area contributed by atoms with E-state index in [2.05, 4.69) is 64.4 Å². The molecule has 5 heteroatoms. The Balaban J connectivity index is 1.56. The molecule has 0 spiro atoms. The van der Waals surface area contributed by atoms with Gasteiger partial charge in [-0.15, -0.1) is 0 Å². The predicted molar refractivity (Wildman–Crippen MR) is 111 cm³/mol. The molecule has 27 heavy (non-hydrogen) atoms. The quantitative estimate of drug-likeness (QED) is 0.575. The summed E-state index contributed by atoms with van der Waals surface area (Å²) in [5, 5.41) is 15.8. The van der Waals surface area contributed by atoms with Crippen LogP contribution in [0.15, 0.2) is 31.0 Å². The molecule has 0 bridgehead atoms. The van der Waals surface area contributed by atoms with E-state index in [9.17, 15) is 0 Å². The van der Waals surface area contributed by atoms with Gasteiger partial charge in [-0.3, -0.25) is 5.10 Å². The van der Waals surface area contributed by atoms with Crippen molar-refractivity contribution in [1.29, 1.82) is 0 Å². The van der Waals surface area contributed by atoms with Crippen LogP contribution in [0.4, 0.5) is 0 Å². The number of aromatic amines is 2. The number of hydrogen-bond donors (Lipinski definition) is 4. The minimum Gasteiger partial charge on any atom is -0.381 e. The first-order valence-electron chi connectivity index (χ1n) is 9.88. The van der Waals surface area contributed by atoms with E-state index in [0.29, 0.717) is 6.04 Å². The molecule has 0 amide bonds. The summed E-state index contributed by atoms with van der Waals surface area (Å²) in [5.41, 5.74) is 8.39. The van der Waals surface area contributed by atoms with E-state index in [1.54, 1.807) is 0 Å². The van der Waals surface area contributed by atoms with Crippen molar-refractivity contribution in [2.24, 2.45) is 0 Å². The Morgan fingerprint density at radius 3 is 3.00 bits per heavy atom. The molecule has 0 saturated carbocycles. The molecule has 140 valence electrons. The fourth-order valence-corrected chi connectivity index (χ4v) is 4.80. The molecule has 5 rings (SSSR count). The monoisotopic (exact) mass is 361 g/mol. The van der Waals surface area contributed by atoms with Gasteiger partial charge in [-0.05, 0) is 54.5 Å². The first-order valence-corrected chi connectivity index (χ1v) is 9.88. The normalized spacial score (nSPS) is 20.9. The van der Waals surface area contributed by atoms with E-state index in [4.69, 9.17) is 0 Å². The third-order valence-electron chi connectivity index (χ3n) is 6.10. The van der Waals surface area contributed by atoms with E-state index >= 15 is 0 Å². The minimum absolute atomic E-state index is 0.0606. The van der Waals surface area contributed by atoms with Crippen molar-refractivity contribution in [3.05, 3.63) is 47.7 Å². The van der Waals surface area contributed by atoms with Crippen molar-refractivity contribution in [3.8, 4) is 11.4 Å². The summed E-state index contributed by atoms with van der Waals surface area (Å²) < 4.78 is 0. The van der Waals surface area contributed by atoms with Gasteiger partial charge in [0.1, 0.15) is 0 Å². The SMILES string of the molecule is C=C(NC1CCCNC1)c1ccc2[nH]c3c(c2c1)C(C)(C)Cc1cn[nH]c1-3. The fraction of sp³-hybridized carbons (Fsp3) is 0.409. The van der Waals surface area contributed by atoms with Gasteiger partial charge < -0.3 is 15.6 Å². The molecule has 1 aromatic carbocycles. The van der Waals surface area contributed by atoms with Gasteiger partial charge in [0.25, 0.3) is 0 Å². The second-order valence-corrected chi connectivity index (χ2v) is 8.63. The molecule has 1 atom stereocenters. The van der Waals surface area contributed by atoms with Crippen LogP contribution in [0.2, 0.25) is 0 Å². The summed E-state index contributed by atoms with van der Waals surface area (Å²) in [6, 6.07) is 7.10. The van der Waals surface area contributed by atoms with Crippen LogP contribution in [-0.4, -0.2) is 34.3 Å². The Morgan fingerprint density at radius 2 is 2.19 bits per heavy atom. The molecule has 5 nitrogen and oxygen atoms in total. The number of nitrogens with zero attached hydrogens (tertiary/aromatic N) is 1. The number of fused-ring (bicyclic) bond motifs is 5. The van der Waals surface area contributed by atoms with Gasteiger partial charge >= 0.3 is 0 Å². The Hall–Kier alpha value is -2.53. The molecule has 1 fully saturated rings. The summed E-state index contributed by atoms with van der Waals surface area (Å²) >= 11 is 0. The molecule has 2 aromatic heterocycles. The highest BCUT2D eigenvalue weighted by Gasteiger charge is 2.35. The van der Waals surface area contributed by atoms with Crippen LogP contribution < -0.4 is 10.6 Å². The van der Waals surface area contributed by atoms with Gasteiger partial charge in [0, 0.05) is 34.8 Å². The smallest absolute Gasteiger partial charge is 0.0848 e. The van der Waals surface area contributed by atoms with Crippen LogP contribution in [0.5, 0.6) is 0 Å². The fourth-order valence-electron chi connectivity index (χ4n) is 4.80. The minimum atomic E-state index is 0.0606. The molecule has 0 radical (unpaired) electrons. The Bertz CT molecular complexity index is 1020. The van der Waals surface area contributed by atoms with Crippen LogP contribution in [0.3, 0.4) is 0 Å². The molecule has 1 unspecified atom stereocenters. The van der Waals surface area contributed by atoms with E-state index in [1.165, 1.54) is 46.1 Å². The van der Waals surface area contributed by atoms with Crippen LogP contribution in [0.1, 0.15) is 43.4 Å². The Kier molecular flexibility index (Phi) is 3.69. The lowest BCUT2D eigenvalue weighted by Gasteiger charge is -2.30. The zero-order valence-corrected chi connectivity index (χ0v) is 16.1. The molecule has 2 aliphatic rings. The highest BCUT2D eigenvalue weighted by molar-refractivity contribution is 5.94. The number of nitrogens with one attached hydrogen (secondary N) is 4. The van der Waals surface area contributed by atoms with Gasteiger partial charge in [0.2, 0.25) is 0 Å². The molecule has 3 heterocycles. The third-order valence-corrected chi connectivity index (χ3v) is 6.10. The number of rotatable bonds is 3. The van der Waals surface area contributed by atoms with Crippen molar-refractivity contribution in [1.82, 2.24) is 25.8 Å². The number of benzene rings is 1. The van der Waals surface area contributed by atoms with Crippen LogP contribution in [0, 0.1) is 0 Å². The van der Waals surface area contributed by atoms with Crippen molar-refractivity contribution < 1.29 is 0 Å². The van der Waals surface area contributed by atoms with Crippen molar-refractivity contribution in [3.63, 3.8) is 0 Å². The number of hydrogen-bond acceptors (Lipinski definition) is 3. The van der Waals surface area contributed by atoms with Gasteiger partial charge in [-0.1, -0.05) is 26.5 Å². The van der Waals surface area contributed by atoms with Crippen LogP contribution >= 0.6 is 0 Å². The maximum absolute atomic E-state index is 4.32. The third kappa shape index (κ3) is 2.69. The topological polar surface area (TPSA) is 68.5 Å². The van der Waals surface area contributed by atoms with Crippen molar-refractivity contribution in [2.75, 3.05) is 13.1 Å².